The Morgan fingerprint density at radius 2 is 2.32 bits per heavy atom. The number of guanidine groups is 1. The first kappa shape index (κ1) is 19.5. The highest BCUT2D eigenvalue weighted by Gasteiger charge is 2.42. The number of rotatable bonds is 3. The second kappa shape index (κ2) is 8.07. The lowest BCUT2D eigenvalue weighted by molar-refractivity contribution is -0.119. The molecule has 2 saturated heterocycles. The summed E-state index contributed by atoms with van der Waals surface area (Å²) in [5, 5.41) is 6.19. The molecule has 0 aliphatic carbocycles. The highest BCUT2D eigenvalue weighted by molar-refractivity contribution is 14.0. The van der Waals surface area contributed by atoms with Gasteiger partial charge in [0.15, 0.2) is 11.7 Å². The first-order valence-electron chi connectivity index (χ1n) is 8.12. The molecule has 3 heterocycles. The van der Waals surface area contributed by atoms with Crippen LogP contribution in [0.25, 0.3) is 0 Å². The molecule has 0 saturated carbocycles. The summed E-state index contributed by atoms with van der Waals surface area (Å²) in [5.74, 6) is 1.09. The molecule has 1 unspecified atom stereocenters. The van der Waals surface area contributed by atoms with E-state index in [9.17, 15) is 9.59 Å². The van der Waals surface area contributed by atoms with Crippen LogP contribution in [-0.2, 0) is 11.3 Å². The number of hydrogen-bond acceptors (Lipinski definition) is 4. The Kier molecular flexibility index (Phi) is 6.31. The van der Waals surface area contributed by atoms with Gasteiger partial charge in [0.1, 0.15) is 5.76 Å². The standard InChI is InChI=1S/C16H23N5O3.HI/c1-18-15(19-8-11-3-4-12(24-11)14(17)23)21-6-2-5-16(10-21)7-13(22)20-9-16;/h3-4H,2,5-10H2,1H3,(H2,17,23)(H,18,19)(H,20,22);1H. The molecule has 2 aliphatic rings. The summed E-state index contributed by atoms with van der Waals surface area (Å²) in [6.07, 6.45) is 2.67. The summed E-state index contributed by atoms with van der Waals surface area (Å²) < 4.78 is 5.37. The number of carbonyl (C=O) groups excluding carboxylic acids is 2. The van der Waals surface area contributed by atoms with Gasteiger partial charge in [0.05, 0.1) is 6.54 Å². The number of primary amides is 1. The van der Waals surface area contributed by atoms with Crippen LogP contribution in [0.15, 0.2) is 21.5 Å². The number of nitrogens with one attached hydrogen (secondary N) is 2. The third kappa shape index (κ3) is 4.44. The Bertz CT molecular complexity index is 674. The van der Waals surface area contributed by atoms with E-state index in [1.54, 1.807) is 19.2 Å². The molecule has 25 heavy (non-hydrogen) atoms. The van der Waals surface area contributed by atoms with Crippen molar-refractivity contribution in [2.75, 3.05) is 26.7 Å². The number of nitrogens with two attached hydrogens (primary N) is 1. The SMILES string of the molecule is CN=C(NCc1ccc(C(N)=O)o1)N1CCCC2(CNC(=O)C2)C1.I. The van der Waals surface area contributed by atoms with E-state index < -0.39 is 5.91 Å². The summed E-state index contributed by atoms with van der Waals surface area (Å²) >= 11 is 0. The minimum atomic E-state index is -0.581. The van der Waals surface area contributed by atoms with Crippen LogP contribution in [0.5, 0.6) is 0 Å². The van der Waals surface area contributed by atoms with E-state index >= 15 is 0 Å². The Morgan fingerprint density at radius 3 is 2.92 bits per heavy atom. The van der Waals surface area contributed by atoms with Crippen LogP contribution in [0.3, 0.4) is 0 Å². The third-order valence-corrected chi connectivity index (χ3v) is 4.69. The van der Waals surface area contributed by atoms with Crippen LogP contribution in [0.4, 0.5) is 0 Å². The van der Waals surface area contributed by atoms with Crippen molar-refractivity contribution >= 4 is 41.8 Å². The molecule has 2 amide bonds. The number of carbonyl (C=O) groups is 2. The van der Waals surface area contributed by atoms with E-state index in [0.29, 0.717) is 18.7 Å². The quantitative estimate of drug-likeness (QED) is 0.348. The van der Waals surface area contributed by atoms with Gasteiger partial charge < -0.3 is 25.7 Å². The Hall–Kier alpha value is -1.78. The molecule has 1 aromatic rings. The van der Waals surface area contributed by atoms with Crippen LogP contribution in [0, 0.1) is 5.41 Å². The fourth-order valence-electron chi connectivity index (χ4n) is 3.53. The van der Waals surface area contributed by atoms with Gasteiger partial charge in [0, 0.05) is 38.5 Å². The van der Waals surface area contributed by atoms with Gasteiger partial charge in [-0.15, -0.1) is 24.0 Å². The number of hydrogen-bond donors (Lipinski definition) is 3. The highest BCUT2D eigenvalue weighted by Crippen LogP contribution is 2.35. The number of amides is 2. The van der Waals surface area contributed by atoms with Gasteiger partial charge in [-0.3, -0.25) is 14.6 Å². The molecule has 1 aromatic heterocycles. The molecule has 0 bridgehead atoms. The number of halogens is 1. The molecule has 3 rings (SSSR count). The monoisotopic (exact) mass is 461 g/mol. The first-order chi connectivity index (χ1) is 11.5. The van der Waals surface area contributed by atoms with Gasteiger partial charge in [-0.05, 0) is 25.0 Å². The van der Waals surface area contributed by atoms with Crippen molar-refractivity contribution in [3.63, 3.8) is 0 Å². The first-order valence-corrected chi connectivity index (χ1v) is 8.12. The van der Waals surface area contributed by atoms with E-state index in [2.05, 4.69) is 20.5 Å². The van der Waals surface area contributed by atoms with Crippen LogP contribution in [0.1, 0.15) is 35.6 Å². The third-order valence-electron chi connectivity index (χ3n) is 4.69. The molecule has 1 atom stereocenters. The number of piperidine rings is 1. The van der Waals surface area contributed by atoms with Crippen molar-refractivity contribution in [2.24, 2.45) is 16.1 Å². The largest absolute Gasteiger partial charge is 0.454 e. The zero-order chi connectivity index (χ0) is 17.2. The lowest BCUT2D eigenvalue weighted by Gasteiger charge is -2.40. The van der Waals surface area contributed by atoms with Crippen molar-refractivity contribution in [3.05, 3.63) is 23.7 Å². The zero-order valence-corrected chi connectivity index (χ0v) is 16.5. The van der Waals surface area contributed by atoms with Crippen molar-refractivity contribution in [1.82, 2.24) is 15.5 Å². The molecule has 0 radical (unpaired) electrons. The Morgan fingerprint density at radius 1 is 1.52 bits per heavy atom. The maximum absolute atomic E-state index is 11.6. The molecule has 2 aliphatic heterocycles. The fourth-order valence-corrected chi connectivity index (χ4v) is 3.53. The Balaban J connectivity index is 0.00000225. The molecule has 1 spiro atoms. The van der Waals surface area contributed by atoms with Crippen molar-refractivity contribution in [2.45, 2.75) is 25.8 Å². The number of aliphatic imine (C=N–C) groups is 1. The maximum Gasteiger partial charge on any atom is 0.284 e. The number of nitrogens with zero attached hydrogens (tertiary/aromatic N) is 2. The minimum absolute atomic E-state index is 0. The summed E-state index contributed by atoms with van der Waals surface area (Å²) in [6.45, 7) is 2.86. The predicted octanol–water partition coefficient (Wildman–Crippen LogP) is 0.674. The van der Waals surface area contributed by atoms with Crippen molar-refractivity contribution in [3.8, 4) is 0 Å². The number of furan rings is 1. The smallest absolute Gasteiger partial charge is 0.284 e. The molecule has 4 N–H and O–H groups in total. The van der Waals surface area contributed by atoms with Crippen LogP contribution >= 0.6 is 24.0 Å². The van der Waals surface area contributed by atoms with Crippen LogP contribution in [0.2, 0.25) is 0 Å². The van der Waals surface area contributed by atoms with E-state index in [-0.39, 0.29) is 41.1 Å². The second-order valence-electron chi connectivity index (χ2n) is 6.51. The summed E-state index contributed by atoms with van der Waals surface area (Å²) in [4.78, 5) is 29.2. The molecule has 9 heteroatoms. The van der Waals surface area contributed by atoms with E-state index in [4.69, 9.17) is 10.2 Å². The zero-order valence-electron chi connectivity index (χ0n) is 14.2. The Labute approximate surface area is 163 Å². The normalized spacial score (nSPS) is 23.3. The van der Waals surface area contributed by atoms with Crippen molar-refractivity contribution < 1.29 is 14.0 Å². The van der Waals surface area contributed by atoms with Crippen LogP contribution < -0.4 is 16.4 Å². The summed E-state index contributed by atoms with van der Waals surface area (Å²) in [6, 6.07) is 3.28. The van der Waals surface area contributed by atoms with Gasteiger partial charge in [-0.1, -0.05) is 0 Å². The molecule has 138 valence electrons. The highest BCUT2D eigenvalue weighted by atomic mass is 127. The average molecular weight is 461 g/mol. The lowest BCUT2D eigenvalue weighted by Crippen LogP contribution is -2.51. The van der Waals surface area contributed by atoms with E-state index in [1.165, 1.54) is 0 Å². The average Bonchev–Trinajstić information content (AvgIpc) is 3.16. The fraction of sp³-hybridized carbons (Fsp3) is 0.562. The molecular weight excluding hydrogens is 437 g/mol. The van der Waals surface area contributed by atoms with Gasteiger partial charge >= 0.3 is 0 Å². The van der Waals surface area contributed by atoms with Gasteiger partial charge in [0.2, 0.25) is 5.91 Å². The summed E-state index contributed by atoms with van der Waals surface area (Å²) in [7, 11) is 1.73. The van der Waals surface area contributed by atoms with Gasteiger partial charge in [-0.2, -0.15) is 0 Å². The van der Waals surface area contributed by atoms with Gasteiger partial charge in [-0.25, -0.2) is 0 Å². The van der Waals surface area contributed by atoms with Gasteiger partial charge in [0.25, 0.3) is 5.91 Å². The van der Waals surface area contributed by atoms with E-state index in [0.717, 1.165) is 38.4 Å². The number of likely N-dealkylation sites (tertiary alicyclic amines) is 1. The van der Waals surface area contributed by atoms with Crippen LogP contribution in [-0.4, -0.2) is 49.4 Å². The summed E-state index contributed by atoms with van der Waals surface area (Å²) in [5.41, 5.74) is 5.20. The van der Waals surface area contributed by atoms with E-state index in [1.807, 2.05) is 0 Å². The second-order valence-corrected chi connectivity index (χ2v) is 6.51. The molecular formula is C16H24IN5O3. The molecule has 8 nitrogen and oxygen atoms in total. The minimum Gasteiger partial charge on any atom is -0.454 e. The molecule has 0 aromatic carbocycles. The topological polar surface area (TPSA) is 113 Å². The maximum atomic E-state index is 11.6. The molecule has 2 fully saturated rings. The lowest BCUT2D eigenvalue weighted by atomic mass is 9.79. The predicted molar refractivity (Wildman–Crippen MR) is 104 cm³/mol. The van der Waals surface area contributed by atoms with Crippen molar-refractivity contribution in [1.29, 1.82) is 0 Å².